The summed E-state index contributed by atoms with van der Waals surface area (Å²) >= 11 is 2.79. The Morgan fingerprint density at radius 2 is 2.00 bits per heavy atom. The molecule has 2 heterocycles. The predicted molar refractivity (Wildman–Crippen MR) is 115 cm³/mol. The largest absolute Gasteiger partial charge is 0.378 e. The molecular weight excluding hydrogens is 378 g/mol. The Morgan fingerprint density at radius 3 is 2.59 bits per heavy atom. The summed E-state index contributed by atoms with van der Waals surface area (Å²) in [5.41, 5.74) is 2.08. The number of carbonyl (C=O) groups is 1. The van der Waals surface area contributed by atoms with Crippen LogP contribution in [-0.4, -0.2) is 46.8 Å². The van der Waals surface area contributed by atoms with Gasteiger partial charge in [0.25, 0.3) is 5.91 Å². The van der Waals surface area contributed by atoms with Gasteiger partial charge in [-0.15, -0.1) is 16.8 Å². The fourth-order valence-corrected chi connectivity index (χ4v) is 4.11. The second kappa shape index (κ2) is 8.49. The van der Waals surface area contributed by atoms with Gasteiger partial charge in [-0.3, -0.25) is 9.69 Å². The minimum Gasteiger partial charge on any atom is -0.378 e. The van der Waals surface area contributed by atoms with Gasteiger partial charge in [-0.1, -0.05) is 36.5 Å². The number of anilines is 1. The summed E-state index contributed by atoms with van der Waals surface area (Å²) < 4.78 is 0. The molecule has 0 spiro atoms. The van der Waals surface area contributed by atoms with Crippen LogP contribution < -0.4 is 4.90 Å². The molecule has 1 aliphatic rings. The number of hydrogen-bond donors (Lipinski definition) is 0. The average Bonchev–Trinajstić information content (AvgIpc) is 3.22. The second-order valence-electron chi connectivity index (χ2n) is 6.03. The lowest BCUT2D eigenvalue weighted by molar-refractivity contribution is -0.121. The highest BCUT2D eigenvalue weighted by Gasteiger charge is 2.32. The molecule has 1 aliphatic heterocycles. The van der Waals surface area contributed by atoms with Crippen LogP contribution in [0.1, 0.15) is 17.5 Å². The SMILES string of the molecule is C=CCN1C(=O)/C(=C/c2ccc(N(C)C)cc2)S/C1=N/c1nnc(CC)s1. The van der Waals surface area contributed by atoms with Crippen LogP contribution in [0.25, 0.3) is 6.08 Å². The van der Waals surface area contributed by atoms with Crippen molar-refractivity contribution in [3.05, 3.63) is 52.4 Å². The molecule has 1 aromatic carbocycles. The quantitative estimate of drug-likeness (QED) is 0.544. The minimum atomic E-state index is -0.0735. The molecule has 1 fully saturated rings. The molecule has 0 saturated carbocycles. The van der Waals surface area contributed by atoms with Crippen LogP contribution in [0.2, 0.25) is 0 Å². The van der Waals surface area contributed by atoms with Crippen molar-refractivity contribution >= 4 is 51.1 Å². The molecular formula is C19H21N5OS2. The summed E-state index contributed by atoms with van der Waals surface area (Å²) in [7, 11) is 3.99. The van der Waals surface area contributed by atoms with E-state index in [2.05, 4.69) is 21.8 Å². The first-order valence-corrected chi connectivity index (χ1v) is 10.2. The molecule has 1 saturated heterocycles. The lowest BCUT2D eigenvalue weighted by Crippen LogP contribution is -2.29. The number of aliphatic imine (C=N–C) groups is 1. The first-order chi connectivity index (χ1) is 13.0. The Labute approximate surface area is 167 Å². The van der Waals surface area contributed by atoms with Crippen molar-refractivity contribution in [2.24, 2.45) is 4.99 Å². The number of hydrogen-bond acceptors (Lipinski definition) is 7. The van der Waals surface area contributed by atoms with Gasteiger partial charge in [0.1, 0.15) is 5.01 Å². The minimum absolute atomic E-state index is 0.0735. The summed E-state index contributed by atoms with van der Waals surface area (Å²) in [6.45, 7) is 6.17. The Balaban J connectivity index is 1.88. The van der Waals surface area contributed by atoms with Crippen LogP contribution >= 0.6 is 23.1 Å². The van der Waals surface area contributed by atoms with Crippen molar-refractivity contribution in [1.82, 2.24) is 15.1 Å². The van der Waals surface area contributed by atoms with Crippen LogP contribution in [0.15, 0.2) is 46.8 Å². The van der Waals surface area contributed by atoms with Gasteiger partial charge in [0.15, 0.2) is 5.17 Å². The molecule has 27 heavy (non-hydrogen) atoms. The van der Waals surface area contributed by atoms with E-state index in [1.54, 1.807) is 11.0 Å². The fourth-order valence-electron chi connectivity index (χ4n) is 2.42. The van der Waals surface area contributed by atoms with E-state index in [1.807, 2.05) is 56.3 Å². The lowest BCUT2D eigenvalue weighted by Gasteiger charge is -2.12. The highest BCUT2D eigenvalue weighted by Crippen LogP contribution is 2.34. The summed E-state index contributed by atoms with van der Waals surface area (Å²) in [4.78, 5) is 21.6. The topological polar surface area (TPSA) is 61.7 Å². The third-order valence-corrected chi connectivity index (χ3v) is 5.83. The molecule has 0 N–H and O–H groups in total. The number of carbonyl (C=O) groups excluding carboxylic acids is 1. The lowest BCUT2D eigenvalue weighted by atomic mass is 10.2. The molecule has 3 rings (SSSR count). The maximum absolute atomic E-state index is 12.8. The van der Waals surface area contributed by atoms with Crippen LogP contribution in [-0.2, 0) is 11.2 Å². The van der Waals surface area contributed by atoms with Gasteiger partial charge in [-0.2, -0.15) is 4.99 Å². The molecule has 0 aliphatic carbocycles. The van der Waals surface area contributed by atoms with Crippen molar-refractivity contribution in [3.63, 3.8) is 0 Å². The van der Waals surface area contributed by atoms with Gasteiger partial charge in [0.05, 0.1) is 4.91 Å². The highest BCUT2D eigenvalue weighted by molar-refractivity contribution is 8.18. The molecule has 0 atom stereocenters. The van der Waals surface area contributed by atoms with E-state index in [1.165, 1.54) is 23.1 Å². The zero-order chi connectivity index (χ0) is 19.4. The van der Waals surface area contributed by atoms with E-state index in [0.29, 0.717) is 21.7 Å². The Kier molecular flexibility index (Phi) is 6.08. The predicted octanol–water partition coefficient (Wildman–Crippen LogP) is 3.96. The molecule has 6 nitrogen and oxygen atoms in total. The van der Waals surface area contributed by atoms with E-state index >= 15 is 0 Å². The van der Waals surface area contributed by atoms with Crippen LogP contribution in [0.3, 0.4) is 0 Å². The van der Waals surface area contributed by atoms with E-state index in [0.717, 1.165) is 22.7 Å². The summed E-state index contributed by atoms with van der Waals surface area (Å²) in [5, 5.41) is 10.3. The number of amides is 1. The first-order valence-electron chi connectivity index (χ1n) is 8.52. The fraction of sp³-hybridized carbons (Fsp3) is 0.263. The van der Waals surface area contributed by atoms with E-state index in [9.17, 15) is 4.79 Å². The van der Waals surface area contributed by atoms with Gasteiger partial charge in [0.2, 0.25) is 5.13 Å². The van der Waals surface area contributed by atoms with Gasteiger partial charge < -0.3 is 4.90 Å². The number of nitrogens with zero attached hydrogens (tertiary/aromatic N) is 5. The average molecular weight is 400 g/mol. The van der Waals surface area contributed by atoms with Crippen molar-refractivity contribution in [1.29, 1.82) is 0 Å². The van der Waals surface area contributed by atoms with Gasteiger partial charge in [-0.25, -0.2) is 0 Å². The van der Waals surface area contributed by atoms with Crippen molar-refractivity contribution in [3.8, 4) is 0 Å². The van der Waals surface area contributed by atoms with Crippen LogP contribution in [0, 0.1) is 0 Å². The zero-order valence-corrected chi connectivity index (χ0v) is 17.2. The molecule has 0 bridgehead atoms. The van der Waals surface area contributed by atoms with Crippen molar-refractivity contribution < 1.29 is 4.79 Å². The number of aryl methyl sites for hydroxylation is 1. The normalized spacial score (nSPS) is 17.1. The molecule has 2 aromatic rings. The van der Waals surface area contributed by atoms with Gasteiger partial charge in [-0.05, 0) is 42.0 Å². The molecule has 1 amide bonds. The Bertz CT molecular complexity index is 899. The maximum atomic E-state index is 12.8. The monoisotopic (exact) mass is 399 g/mol. The summed E-state index contributed by atoms with van der Waals surface area (Å²) in [6.07, 6.45) is 4.40. The smallest absolute Gasteiger partial charge is 0.267 e. The van der Waals surface area contributed by atoms with Gasteiger partial charge >= 0.3 is 0 Å². The van der Waals surface area contributed by atoms with Crippen LogP contribution in [0.4, 0.5) is 10.8 Å². The summed E-state index contributed by atoms with van der Waals surface area (Å²) in [5.74, 6) is -0.0735. The zero-order valence-electron chi connectivity index (χ0n) is 15.5. The summed E-state index contributed by atoms with van der Waals surface area (Å²) in [6, 6.07) is 8.06. The Morgan fingerprint density at radius 1 is 1.26 bits per heavy atom. The maximum Gasteiger partial charge on any atom is 0.267 e. The third kappa shape index (κ3) is 4.45. The second-order valence-corrected chi connectivity index (χ2v) is 8.08. The Hall–Kier alpha value is -2.45. The first kappa shape index (κ1) is 19.3. The number of rotatable bonds is 6. The number of aromatic nitrogens is 2. The van der Waals surface area contributed by atoms with Crippen LogP contribution in [0.5, 0.6) is 0 Å². The molecule has 1 aromatic heterocycles. The molecule has 140 valence electrons. The van der Waals surface area contributed by atoms with E-state index in [4.69, 9.17) is 0 Å². The standard InChI is InChI=1S/C19H21N5OS2/c1-5-11-24-17(25)15(12-13-7-9-14(10-8-13)23(3)4)26-19(24)20-18-22-21-16(6-2)27-18/h5,7-10,12H,1,6,11H2,2-4H3/b15-12-,20-19+. The third-order valence-electron chi connectivity index (χ3n) is 3.86. The highest BCUT2D eigenvalue weighted by atomic mass is 32.2. The van der Waals surface area contributed by atoms with Gasteiger partial charge in [0, 0.05) is 26.3 Å². The number of thioether (sulfide) groups is 1. The van der Waals surface area contributed by atoms with Crippen molar-refractivity contribution in [2.75, 3.05) is 25.5 Å². The van der Waals surface area contributed by atoms with E-state index < -0.39 is 0 Å². The molecule has 0 radical (unpaired) electrons. The van der Waals surface area contributed by atoms with E-state index in [-0.39, 0.29) is 5.91 Å². The van der Waals surface area contributed by atoms with Crippen molar-refractivity contribution in [2.45, 2.75) is 13.3 Å². The number of benzene rings is 1. The molecule has 8 heteroatoms. The number of amidine groups is 1. The molecule has 0 unspecified atom stereocenters.